The van der Waals surface area contributed by atoms with Crippen molar-refractivity contribution in [2.24, 2.45) is 0 Å². The Morgan fingerprint density at radius 1 is 0.414 bits per heavy atom. The van der Waals surface area contributed by atoms with Gasteiger partial charge in [0.05, 0.1) is 33.8 Å². The molecule has 0 bridgehead atoms. The van der Waals surface area contributed by atoms with Crippen LogP contribution in [0.15, 0.2) is 122 Å². The molecule has 9 nitrogen and oxygen atoms in total. The summed E-state index contributed by atoms with van der Waals surface area (Å²) in [5.41, 5.74) is 0. The van der Waals surface area contributed by atoms with Crippen LogP contribution in [0.1, 0.15) is 303 Å². The number of unbranched alkanes of at least 4 members (excludes halogenated alkanes) is 30. The van der Waals surface area contributed by atoms with Gasteiger partial charge in [0.2, 0.25) is 5.91 Å². The van der Waals surface area contributed by atoms with Crippen LogP contribution in [0.5, 0.6) is 0 Å². The van der Waals surface area contributed by atoms with Crippen LogP contribution in [0.2, 0.25) is 0 Å². The third kappa shape index (κ3) is 66.7. The number of quaternary nitrogens is 1. The highest BCUT2D eigenvalue weighted by Gasteiger charge is 2.27. The molecule has 1 amide bonds. The summed E-state index contributed by atoms with van der Waals surface area (Å²) in [5.74, 6) is -0.561. The van der Waals surface area contributed by atoms with Crippen molar-refractivity contribution in [1.29, 1.82) is 0 Å². The lowest BCUT2D eigenvalue weighted by Crippen LogP contribution is -2.47. The molecule has 0 saturated carbocycles. The van der Waals surface area contributed by atoms with E-state index < -0.39 is 26.6 Å². The molecule has 0 heterocycles. The van der Waals surface area contributed by atoms with E-state index in [1.807, 2.05) is 33.3 Å². The molecule has 0 aromatic carbocycles. The number of amides is 1. The molecular formula is C77H135N2O7P. The standard InChI is InChI=1S/C77H135N2O7P/c1-7-10-13-16-19-22-25-28-30-32-34-36-38-39-41-42-44-46-48-51-54-57-60-63-66-69-76(80)78-74(73-85-87(82,83)84-72-71-79(4,5)6)75(68-65-62-59-56-53-50-27-24-21-18-15-12-9-3)86-77(81)70-67-64-61-58-55-52-49-47-45-43-40-37-35-33-31-29-26-23-20-17-14-11-8-2/h10,13,19-20,22-23,28-31,34-37,39,41,43,45,65,68,74-75H,7-9,11-12,14-18,21,24-27,32-33,38,40,42,44,46-64,66-67,69-73H2,1-6H3,(H-,78,80,82,83)/b13-10-,22-19-,23-20-,30-28-,31-29-,36-34-,37-35-,41-39-,45-43-,68-65+. The van der Waals surface area contributed by atoms with Crippen molar-refractivity contribution in [3.63, 3.8) is 0 Å². The molecule has 0 radical (unpaired) electrons. The molecule has 0 aliphatic rings. The van der Waals surface area contributed by atoms with Crippen LogP contribution in [0.3, 0.4) is 0 Å². The largest absolute Gasteiger partial charge is 0.756 e. The monoisotopic (exact) mass is 1230 g/mol. The molecule has 0 aliphatic carbocycles. The van der Waals surface area contributed by atoms with Crippen molar-refractivity contribution in [3.8, 4) is 0 Å². The van der Waals surface area contributed by atoms with Crippen molar-refractivity contribution in [1.82, 2.24) is 5.32 Å². The van der Waals surface area contributed by atoms with Crippen LogP contribution in [0, 0.1) is 0 Å². The lowest BCUT2D eigenvalue weighted by molar-refractivity contribution is -0.870. The SMILES string of the molecule is CC/C=C\C/C=C\C/C=C\C/C=C\C/C=C\CCCCCCCCCCCC(=O)NC(COP(=O)([O-])OCC[N+](C)(C)C)C(/C=C/CCCCCCCCCCCCC)OC(=O)CCCCCCCCC/C=C\C/C=C\C/C=C\C/C=C\CCCCC. The lowest BCUT2D eigenvalue weighted by Gasteiger charge is -2.30. The molecular weight excluding hydrogens is 1100 g/mol. The van der Waals surface area contributed by atoms with Crippen LogP contribution in [0.25, 0.3) is 0 Å². The van der Waals surface area contributed by atoms with Crippen LogP contribution < -0.4 is 10.2 Å². The molecule has 3 unspecified atom stereocenters. The number of allylic oxidation sites excluding steroid dienone is 19. The zero-order chi connectivity index (χ0) is 63.5. The Bertz CT molecular complexity index is 1900. The van der Waals surface area contributed by atoms with Gasteiger partial charge in [-0.3, -0.25) is 14.2 Å². The number of nitrogens with one attached hydrogen (secondary N) is 1. The smallest absolute Gasteiger partial charge is 0.306 e. The summed E-state index contributed by atoms with van der Waals surface area (Å²) in [6.07, 6.45) is 91.7. The second-order valence-electron chi connectivity index (χ2n) is 25.0. The first-order chi connectivity index (χ1) is 42.4. The van der Waals surface area contributed by atoms with Crippen molar-refractivity contribution >= 4 is 19.7 Å². The van der Waals surface area contributed by atoms with Crippen LogP contribution in [0.4, 0.5) is 0 Å². The Labute approximate surface area is 537 Å². The molecule has 87 heavy (non-hydrogen) atoms. The summed E-state index contributed by atoms with van der Waals surface area (Å²) >= 11 is 0. The highest BCUT2D eigenvalue weighted by molar-refractivity contribution is 7.45. The van der Waals surface area contributed by atoms with Crippen molar-refractivity contribution in [3.05, 3.63) is 122 Å². The minimum absolute atomic E-state index is 0.0312. The maximum atomic E-state index is 13.6. The highest BCUT2D eigenvalue weighted by Crippen LogP contribution is 2.38. The van der Waals surface area contributed by atoms with Gasteiger partial charge in [-0.2, -0.15) is 0 Å². The first-order valence-corrected chi connectivity index (χ1v) is 37.3. The van der Waals surface area contributed by atoms with E-state index in [2.05, 4.69) is 135 Å². The van der Waals surface area contributed by atoms with Crippen LogP contribution >= 0.6 is 7.82 Å². The van der Waals surface area contributed by atoms with Gasteiger partial charge >= 0.3 is 5.97 Å². The zero-order valence-electron chi connectivity index (χ0n) is 57.2. The number of phosphoric ester groups is 1. The number of ether oxygens (including phenoxy) is 1. The fourth-order valence-corrected chi connectivity index (χ4v) is 10.6. The third-order valence-electron chi connectivity index (χ3n) is 15.4. The number of esters is 1. The van der Waals surface area contributed by atoms with E-state index in [4.69, 9.17) is 13.8 Å². The topological polar surface area (TPSA) is 114 Å². The minimum atomic E-state index is -4.72. The van der Waals surface area contributed by atoms with Crippen LogP contribution in [-0.2, 0) is 27.9 Å². The highest BCUT2D eigenvalue weighted by atomic mass is 31.2. The Balaban J connectivity index is 5.16. The Kier molecular flexibility index (Phi) is 62.7. The maximum Gasteiger partial charge on any atom is 0.306 e. The van der Waals surface area contributed by atoms with E-state index in [0.29, 0.717) is 23.9 Å². The maximum absolute atomic E-state index is 13.6. The molecule has 0 aliphatic heterocycles. The fraction of sp³-hybridized carbons (Fsp3) is 0.714. The molecule has 0 fully saturated rings. The first kappa shape index (κ1) is 83.4. The summed E-state index contributed by atoms with van der Waals surface area (Å²) < 4.78 is 30.5. The van der Waals surface area contributed by atoms with Gasteiger partial charge in [0.1, 0.15) is 19.3 Å². The number of nitrogens with zero attached hydrogens (tertiary/aromatic N) is 1. The second-order valence-corrected chi connectivity index (χ2v) is 26.4. The number of hydrogen-bond acceptors (Lipinski definition) is 7. The van der Waals surface area contributed by atoms with E-state index in [1.165, 1.54) is 135 Å². The number of rotatable bonds is 64. The van der Waals surface area contributed by atoms with Gasteiger partial charge < -0.3 is 28.5 Å². The van der Waals surface area contributed by atoms with E-state index in [0.717, 1.165) is 128 Å². The molecule has 0 spiro atoms. The van der Waals surface area contributed by atoms with Gasteiger partial charge in [-0.1, -0.05) is 290 Å². The van der Waals surface area contributed by atoms with Gasteiger partial charge in [-0.25, -0.2) is 0 Å². The normalized spacial score (nSPS) is 14.2. The van der Waals surface area contributed by atoms with Gasteiger partial charge in [0, 0.05) is 12.8 Å². The molecule has 0 rings (SSSR count). The summed E-state index contributed by atoms with van der Waals surface area (Å²) in [6, 6.07) is -0.906. The predicted octanol–water partition coefficient (Wildman–Crippen LogP) is 22.4. The Morgan fingerprint density at radius 3 is 1.13 bits per heavy atom. The second kappa shape index (κ2) is 65.4. The Morgan fingerprint density at radius 2 is 0.736 bits per heavy atom. The summed E-state index contributed by atoms with van der Waals surface area (Å²) in [4.78, 5) is 40.2. The summed E-state index contributed by atoms with van der Waals surface area (Å²) in [6.45, 7) is 6.70. The van der Waals surface area contributed by atoms with E-state index in [9.17, 15) is 19.0 Å². The average molecular weight is 1230 g/mol. The number of carbonyl (C=O) groups excluding carboxylic acids is 2. The van der Waals surface area contributed by atoms with Gasteiger partial charge in [-0.05, 0) is 122 Å². The fourth-order valence-electron chi connectivity index (χ4n) is 9.89. The molecule has 1 N–H and O–H groups in total. The van der Waals surface area contributed by atoms with E-state index in [1.54, 1.807) is 0 Å². The molecule has 0 aromatic heterocycles. The quantitative estimate of drug-likeness (QED) is 0.0212. The molecule has 3 atom stereocenters. The molecule has 500 valence electrons. The third-order valence-corrected chi connectivity index (χ3v) is 16.3. The number of likely N-dealkylation sites (N-methyl/N-ethyl adjacent to an activating group) is 1. The van der Waals surface area contributed by atoms with Gasteiger partial charge in [-0.15, -0.1) is 0 Å². The van der Waals surface area contributed by atoms with Crippen molar-refractivity contribution in [2.75, 3.05) is 40.9 Å². The lowest BCUT2D eigenvalue weighted by atomic mass is 10.0. The van der Waals surface area contributed by atoms with Crippen molar-refractivity contribution in [2.45, 2.75) is 315 Å². The minimum Gasteiger partial charge on any atom is -0.756 e. The van der Waals surface area contributed by atoms with Gasteiger partial charge in [0.15, 0.2) is 0 Å². The predicted molar refractivity (Wildman–Crippen MR) is 376 cm³/mol. The molecule has 0 saturated heterocycles. The molecule has 0 aromatic rings. The summed E-state index contributed by atoms with van der Waals surface area (Å²) in [5, 5.41) is 3.04. The average Bonchev–Trinajstić information content (AvgIpc) is 3.70. The van der Waals surface area contributed by atoms with E-state index in [-0.39, 0.29) is 24.9 Å². The van der Waals surface area contributed by atoms with Crippen molar-refractivity contribution < 1.29 is 37.3 Å². The summed E-state index contributed by atoms with van der Waals surface area (Å²) in [7, 11) is 1.16. The number of carbonyl (C=O) groups is 2. The van der Waals surface area contributed by atoms with E-state index >= 15 is 0 Å². The number of hydrogen-bond donors (Lipinski definition) is 1. The van der Waals surface area contributed by atoms with Gasteiger partial charge in [0.25, 0.3) is 7.82 Å². The first-order valence-electron chi connectivity index (χ1n) is 35.8. The molecule has 10 heteroatoms. The number of phosphoric acid groups is 1. The zero-order valence-corrected chi connectivity index (χ0v) is 58.1. The Hall–Kier alpha value is -3.59. The van der Waals surface area contributed by atoms with Crippen LogP contribution in [-0.4, -0.2) is 69.4 Å².